The molecule has 0 spiro atoms. The number of hydrogen-bond donors (Lipinski definition) is 0. The molecule has 0 amide bonds. The summed E-state index contributed by atoms with van der Waals surface area (Å²) < 4.78 is 41.9. The number of unbranched alkanes of at least 4 members (excludes halogenated alkanes) is 1. The molecule has 0 N–H and O–H groups in total. The van der Waals surface area contributed by atoms with E-state index in [1.54, 1.807) is 0 Å². The van der Waals surface area contributed by atoms with Crippen LogP contribution in [-0.4, -0.2) is 0 Å². The van der Waals surface area contributed by atoms with E-state index in [1.165, 1.54) is 57.1 Å². The van der Waals surface area contributed by atoms with Crippen molar-refractivity contribution in [3.8, 4) is 0 Å². The van der Waals surface area contributed by atoms with Gasteiger partial charge in [-0.1, -0.05) is 44.7 Å². The molecule has 0 heterocycles. The van der Waals surface area contributed by atoms with E-state index in [4.69, 9.17) is 0 Å². The Hall–Kier alpha value is -1.51. The summed E-state index contributed by atoms with van der Waals surface area (Å²) >= 11 is 0. The molecule has 0 saturated heterocycles. The highest BCUT2D eigenvalue weighted by Crippen LogP contribution is 2.48. The third kappa shape index (κ3) is 3.75. The quantitative estimate of drug-likeness (QED) is 0.513. The molecular formula is C24H29F3. The van der Waals surface area contributed by atoms with Gasteiger partial charge in [0.1, 0.15) is 5.82 Å². The lowest BCUT2D eigenvalue weighted by Crippen LogP contribution is -2.30. The van der Waals surface area contributed by atoms with E-state index in [0.29, 0.717) is 11.3 Å². The molecule has 2 fully saturated rings. The summed E-state index contributed by atoms with van der Waals surface area (Å²) in [6, 6.07) is 5.90. The molecule has 0 nitrogen and oxygen atoms in total. The van der Waals surface area contributed by atoms with Crippen LogP contribution in [0, 0.1) is 35.2 Å². The SMILES string of the molecule is CCCCC1CCC2CC(c3cc(F)c4c(F)c(F)ccc4c3)CCC2C1. The van der Waals surface area contributed by atoms with Crippen LogP contribution in [0.25, 0.3) is 10.8 Å². The normalized spacial score (nSPS) is 28.3. The highest BCUT2D eigenvalue weighted by molar-refractivity contribution is 5.84. The van der Waals surface area contributed by atoms with Crippen LogP contribution in [0.3, 0.4) is 0 Å². The van der Waals surface area contributed by atoms with Crippen molar-refractivity contribution in [3.05, 3.63) is 47.3 Å². The highest BCUT2D eigenvalue weighted by Gasteiger charge is 2.36. The zero-order chi connectivity index (χ0) is 19.0. The van der Waals surface area contributed by atoms with Gasteiger partial charge in [0.15, 0.2) is 11.6 Å². The summed E-state index contributed by atoms with van der Waals surface area (Å²) in [6.07, 6.45) is 11.4. The number of fused-ring (bicyclic) bond motifs is 2. The minimum atomic E-state index is -1.08. The molecule has 2 aliphatic rings. The topological polar surface area (TPSA) is 0 Å². The van der Waals surface area contributed by atoms with Gasteiger partial charge in [-0.25, -0.2) is 13.2 Å². The number of benzene rings is 2. The van der Waals surface area contributed by atoms with Crippen LogP contribution in [0.2, 0.25) is 0 Å². The zero-order valence-electron chi connectivity index (χ0n) is 16.1. The van der Waals surface area contributed by atoms with Gasteiger partial charge in [-0.05, 0) is 78.9 Å². The van der Waals surface area contributed by atoms with Gasteiger partial charge in [-0.2, -0.15) is 0 Å². The minimum absolute atomic E-state index is 0.219. The molecule has 4 rings (SSSR count). The van der Waals surface area contributed by atoms with Crippen molar-refractivity contribution in [1.29, 1.82) is 0 Å². The third-order valence-electron chi connectivity index (χ3n) is 7.14. The Morgan fingerprint density at radius 3 is 2.48 bits per heavy atom. The second-order valence-corrected chi connectivity index (χ2v) is 8.81. The van der Waals surface area contributed by atoms with Crippen molar-refractivity contribution in [2.75, 3.05) is 0 Å². The van der Waals surface area contributed by atoms with E-state index in [1.807, 2.05) is 6.07 Å². The first-order valence-corrected chi connectivity index (χ1v) is 10.6. The summed E-state index contributed by atoms with van der Waals surface area (Å²) in [5.74, 6) is 0.105. The average molecular weight is 374 g/mol. The molecule has 4 atom stereocenters. The maximum Gasteiger partial charge on any atom is 0.169 e. The highest BCUT2D eigenvalue weighted by atomic mass is 19.2. The lowest BCUT2D eigenvalue weighted by Gasteiger charge is -2.42. The van der Waals surface area contributed by atoms with E-state index < -0.39 is 17.5 Å². The van der Waals surface area contributed by atoms with E-state index in [-0.39, 0.29) is 5.39 Å². The minimum Gasteiger partial charge on any atom is -0.206 e. The van der Waals surface area contributed by atoms with Crippen molar-refractivity contribution >= 4 is 10.8 Å². The molecule has 2 saturated carbocycles. The first-order chi connectivity index (χ1) is 13.1. The predicted molar refractivity (Wildman–Crippen MR) is 104 cm³/mol. The molecule has 3 heteroatoms. The summed E-state index contributed by atoms with van der Waals surface area (Å²) in [4.78, 5) is 0. The maximum absolute atomic E-state index is 14.5. The van der Waals surface area contributed by atoms with E-state index >= 15 is 0 Å². The summed E-state index contributed by atoms with van der Waals surface area (Å²) in [5, 5.41) is 0.248. The number of hydrogen-bond acceptors (Lipinski definition) is 0. The van der Waals surface area contributed by atoms with E-state index in [0.717, 1.165) is 42.2 Å². The van der Waals surface area contributed by atoms with Crippen LogP contribution in [-0.2, 0) is 0 Å². The Kier molecular flexibility index (Phi) is 5.48. The Morgan fingerprint density at radius 1 is 0.889 bits per heavy atom. The van der Waals surface area contributed by atoms with Crippen LogP contribution >= 0.6 is 0 Å². The molecular weight excluding hydrogens is 345 g/mol. The van der Waals surface area contributed by atoms with Crippen molar-refractivity contribution in [1.82, 2.24) is 0 Å². The van der Waals surface area contributed by atoms with Crippen molar-refractivity contribution in [2.24, 2.45) is 17.8 Å². The fraction of sp³-hybridized carbons (Fsp3) is 0.583. The fourth-order valence-electron chi connectivity index (χ4n) is 5.65. The van der Waals surface area contributed by atoms with Crippen molar-refractivity contribution in [3.63, 3.8) is 0 Å². The zero-order valence-corrected chi connectivity index (χ0v) is 16.1. The van der Waals surface area contributed by atoms with Crippen LogP contribution in [0.15, 0.2) is 24.3 Å². The smallest absolute Gasteiger partial charge is 0.169 e. The monoisotopic (exact) mass is 374 g/mol. The average Bonchev–Trinajstić information content (AvgIpc) is 2.68. The first-order valence-electron chi connectivity index (χ1n) is 10.6. The molecule has 2 aromatic carbocycles. The maximum atomic E-state index is 14.5. The Morgan fingerprint density at radius 2 is 1.67 bits per heavy atom. The molecule has 0 radical (unpaired) electrons. The van der Waals surface area contributed by atoms with Gasteiger partial charge < -0.3 is 0 Å². The van der Waals surface area contributed by atoms with E-state index in [9.17, 15) is 13.2 Å². The van der Waals surface area contributed by atoms with Gasteiger partial charge >= 0.3 is 0 Å². The summed E-state index contributed by atoms with van der Waals surface area (Å²) in [5.41, 5.74) is 0.956. The molecule has 146 valence electrons. The first kappa shape index (κ1) is 18.8. The second-order valence-electron chi connectivity index (χ2n) is 8.81. The molecule has 0 aliphatic heterocycles. The molecule has 27 heavy (non-hydrogen) atoms. The van der Waals surface area contributed by atoms with Crippen LogP contribution in [0.1, 0.15) is 76.2 Å². The van der Waals surface area contributed by atoms with Crippen LogP contribution in [0.4, 0.5) is 13.2 Å². The van der Waals surface area contributed by atoms with Gasteiger partial charge in [0.25, 0.3) is 0 Å². The lowest BCUT2D eigenvalue weighted by molar-refractivity contribution is 0.113. The summed E-state index contributed by atoms with van der Waals surface area (Å²) in [7, 11) is 0. The Labute approximate surface area is 160 Å². The predicted octanol–water partition coefficient (Wildman–Crippen LogP) is 7.75. The van der Waals surface area contributed by atoms with Gasteiger partial charge in [0.05, 0.1) is 5.39 Å². The van der Waals surface area contributed by atoms with Gasteiger partial charge in [0, 0.05) is 0 Å². The Bertz CT molecular complexity index is 813. The Balaban J connectivity index is 1.50. The summed E-state index contributed by atoms with van der Waals surface area (Å²) in [6.45, 7) is 2.26. The second kappa shape index (κ2) is 7.85. The lowest BCUT2D eigenvalue weighted by atomic mass is 9.63. The van der Waals surface area contributed by atoms with Gasteiger partial charge in [-0.3, -0.25) is 0 Å². The standard InChI is InChI=1S/C24H29F3/c1-2-3-4-15-5-6-17-12-18(8-7-16(17)11-15)20-13-19-9-10-21(25)24(27)23(19)22(26)14-20/h9-10,13-18H,2-8,11-12H2,1H3. The van der Waals surface area contributed by atoms with Gasteiger partial charge in [-0.15, -0.1) is 0 Å². The van der Waals surface area contributed by atoms with Crippen molar-refractivity contribution < 1.29 is 13.2 Å². The van der Waals surface area contributed by atoms with Crippen molar-refractivity contribution in [2.45, 2.75) is 70.6 Å². The molecule has 2 aliphatic carbocycles. The van der Waals surface area contributed by atoms with Crippen LogP contribution in [0.5, 0.6) is 0 Å². The molecule has 4 unspecified atom stereocenters. The molecule has 0 aromatic heterocycles. The number of rotatable bonds is 4. The largest absolute Gasteiger partial charge is 0.206 e. The van der Waals surface area contributed by atoms with E-state index in [2.05, 4.69) is 6.92 Å². The third-order valence-corrected chi connectivity index (χ3v) is 7.14. The van der Waals surface area contributed by atoms with Gasteiger partial charge in [0.2, 0.25) is 0 Å². The number of halogens is 3. The van der Waals surface area contributed by atoms with Crippen LogP contribution < -0.4 is 0 Å². The molecule has 2 aromatic rings. The fourth-order valence-corrected chi connectivity index (χ4v) is 5.65. The molecule has 0 bridgehead atoms.